The summed E-state index contributed by atoms with van der Waals surface area (Å²) in [5, 5.41) is 10.6. The predicted octanol–water partition coefficient (Wildman–Crippen LogP) is 22.6. The van der Waals surface area contributed by atoms with Crippen molar-refractivity contribution < 1.29 is 80.2 Å². The molecule has 3 N–H and O–H groups in total. The lowest BCUT2D eigenvalue weighted by atomic mass is 10.0. The molecule has 0 spiro atoms. The van der Waals surface area contributed by atoms with E-state index in [1.807, 2.05) is 0 Å². The van der Waals surface area contributed by atoms with Crippen molar-refractivity contribution in [2.75, 3.05) is 39.6 Å². The number of aliphatic hydroxyl groups is 1. The van der Waals surface area contributed by atoms with Crippen LogP contribution in [0.4, 0.5) is 0 Å². The highest BCUT2D eigenvalue weighted by Crippen LogP contribution is 2.45. The summed E-state index contributed by atoms with van der Waals surface area (Å²) >= 11 is 0. The molecule has 0 fully saturated rings. The number of hydrogen-bond donors (Lipinski definition) is 3. The van der Waals surface area contributed by atoms with Crippen molar-refractivity contribution in [3.8, 4) is 0 Å². The van der Waals surface area contributed by atoms with Crippen LogP contribution in [0.3, 0.4) is 0 Å². The molecule has 0 aliphatic rings. The fourth-order valence-electron chi connectivity index (χ4n) is 11.8. The van der Waals surface area contributed by atoms with Crippen molar-refractivity contribution in [2.24, 2.45) is 17.8 Å². The predicted molar refractivity (Wildman–Crippen MR) is 391 cm³/mol. The van der Waals surface area contributed by atoms with Gasteiger partial charge in [0.05, 0.1) is 26.4 Å². The number of phosphoric acid groups is 2. The van der Waals surface area contributed by atoms with Crippen molar-refractivity contribution in [1.29, 1.82) is 0 Å². The van der Waals surface area contributed by atoms with Gasteiger partial charge in [-0.3, -0.25) is 37.3 Å². The highest BCUT2D eigenvalue weighted by atomic mass is 31.2. The Bertz CT molecular complexity index is 1870. The first-order chi connectivity index (χ1) is 46.2. The van der Waals surface area contributed by atoms with Gasteiger partial charge in [0, 0.05) is 25.7 Å². The summed E-state index contributed by atoms with van der Waals surface area (Å²) in [5.74, 6) is 0.123. The molecule has 0 bridgehead atoms. The van der Waals surface area contributed by atoms with Gasteiger partial charge in [0.1, 0.15) is 19.3 Å². The molecule has 0 aliphatic heterocycles. The summed E-state index contributed by atoms with van der Waals surface area (Å²) in [7, 11) is -9.91. The number of hydrogen-bond acceptors (Lipinski definition) is 15. The van der Waals surface area contributed by atoms with E-state index in [2.05, 4.69) is 48.5 Å². The smallest absolute Gasteiger partial charge is 0.462 e. The van der Waals surface area contributed by atoms with E-state index in [0.29, 0.717) is 31.6 Å². The van der Waals surface area contributed by atoms with Gasteiger partial charge in [-0.15, -0.1) is 0 Å². The number of esters is 4. The van der Waals surface area contributed by atoms with Crippen LogP contribution in [0.1, 0.15) is 395 Å². The minimum absolute atomic E-state index is 0.105. The first-order valence-electron chi connectivity index (χ1n) is 39.8. The Balaban J connectivity index is 5.23. The summed E-state index contributed by atoms with van der Waals surface area (Å²) in [5.41, 5.74) is 0. The zero-order valence-electron chi connectivity index (χ0n) is 62.8. The minimum atomic E-state index is -4.96. The molecule has 0 saturated carbocycles. The molecule has 0 aromatic heterocycles. The number of phosphoric ester groups is 2. The average molecular weight is 1410 g/mol. The van der Waals surface area contributed by atoms with E-state index < -0.39 is 97.5 Å². The van der Waals surface area contributed by atoms with E-state index in [1.54, 1.807) is 0 Å². The highest BCUT2D eigenvalue weighted by Gasteiger charge is 2.30. The first kappa shape index (κ1) is 94.1. The molecule has 0 aromatic rings. The maximum Gasteiger partial charge on any atom is 0.472 e. The monoisotopic (exact) mass is 1410 g/mol. The maximum absolute atomic E-state index is 13.1. The summed E-state index contributed by atoms with van der Waals surface area (Å²) in [6, 6.07) is 0. The number of aliphatic hydroxyl groups excluding tert-OH is 1. The molecule has 17 nitrogen and oxygen atoms in total. The van der Waals surface area contributed by atoms with Gasteiger partial charge in [-0.05, 0) is 43.4 Å². The zero-order chi connectivity index (χ0) is 70.9. The van der Waals surface area contributed by atoms with Crippen molar-refractivity contribution >= 4 is 39.5 Å². The molecule has 5 atom stereocenters. The Kier molecular flexibility index (Phi) is 66.2. The third-order valence-electron chi connectivity index (χ3n) is 17.9. The highest BCUT2D eigenvalue weighted by molar-refractivity contribution is 7.47. The van der Waals surface area contributed by atoms with Gasteiger partial charge in [0.25, 0.3) is 0 Å². The summed E-state index contributed by atoms with van der Waals surface area (Å²) in [6.45, 7) is 11.8. The number of rotatable bonds is 75. The second-order valence-corrected chi connectivity index (χ2v) is 32.1. The van der Waals surface area contributed by atoms with E-state index >= 15 is 0 Å². The number of carbonyl (C=O) groups excluding carboxylic acids is 4. The second kappa shape index (κ2) is 67.5. The lowest BCUT2D eigenvalue weighted by molar-refractivity contribution is -0.161. The zero-order valence-corrected chi connectivity index (χ0v) is 64.6. The molecular weight excluding hydrogens is 1260 g/mol. The summed E-state index contributed by atoms with van der Waals surface area (Å²) < 4.78 is 68.5. The van der Waals surface area contributed by atoms with Gasteiger partial charge in [0.15, 0.2) is 12.2 Å². The summed E-state index contributed by atoms with van der Waals surface area (Å²) in [4.78, 5) is 72.8. The van der Waals surface area contributed by atoms with E-state index in [4.69, 9.17) is 37.0 Å². The van der Waals surface area contributed by atoms with Gasteiger partial charge in [-0.1, -0.05) is 344 Å². The van der Waals surface area contributed by atoms with Crippen LogP contribution in [0.15, 0.2) is 0 Å². The van der Waals surface area contributed by atoms with E-state index in [0.717, 1.165) is 108 Å². The second-order valence-electron chi connectivity index (χ2n) is 29.2. The van der Waals surface area contributed by atoms with E-state index in [-0.39, 0.29) is 25.7 Å². The minimum Gasteiger partial charge on any atom is -0.462 e. The van der Waals surface area contributed by atoms with Crippen LogP contribution >= 0.6 is 15.6 Å². The molecule has 19 heteroatoms. The van der Waals surface area contributed by atoms with Crippen LogP contribution in [-0.4, -0.2) is 96.7 Å². The molecule has 2 unspecified atom stereocenters. The Morgan fingerprint density at radius 1 is 0.281 bits per heavy atom. The fraction of sp³-hybridized carbons (Fsp3) is 0.948. The fourth-order valence-corrected chi connectivity index (χ4v) is 13.4. The molecule has 0 saturated heterocycles. The van der Waals surface area contributed by atoms with Crippen molar-refractivity contribution in [3.05, 3.63) is 0 Å². The van der Waals surface area contributed by atoms with Gasteiger partial charge >= 0.3 is 39.5 Å². The van der Waals surface area contributed by atoms with Crippen LogP contribution in [0.5, 0.6) is 0 Å². The van der Waals surface area contributed by atoms with Crippen LogP contribution < -0.4 is 0 Å². The van der Waals surface area contributed by atoms with Crippen LogP contribution in [0.2, 0.25) is 0 Å². The Labute approximate surface area is 588 Å². The van der Waals surface area contributed by atoms with E-state index in [1.165, 1.54) is 199 Å². The topological polar surface area (TPSA) is 237 Å². The largest absolute Gasteiger partial charge is 0.472 e. The third-order valence-corrected chi connectivity index (χ3v) is 19.8. The van der Waals surface area contributed by atoms with Crippen molar-refractivity contribution in [1.82, 2.24) is 0 Å². The van der Waals surface area contributed by atoms with Crippen molar-refractivity contribution in [3.63, 3.8) is 0 Å². The van der Waals surface area contributed by atoms with Crippen LogP contribution in [0.25, 0.3) is 0 Å². The molecular formula is C77H150O17P2. The van der Waals surface area contributed by atoms with Gasteiger partial charge in [-0.25, -0.2) is 9.13 Å². The molecule has 0 aromatic carbocycles. The van der Waals surface area contributed by atoms with Gasteiger partial charge in [-0.2, -0.15) is 0 Å². The molecule has 0 heterocycles. The molecule has 0 radical (unpaired) electrons. The van der Waals surface area contributed by atoms with Crippen LogP contribution in [-0.2, 0) is 65.4 Å². The normalized spacial score (nSPS) is 14.1. The van der Waals surface area contributed by atoms with Gasteiger partial charge < -0.3 is 33.8 Å². The standard InChI is InChI=1S/C77H150O17P2/c1-8-9-10-11-12-13-14-15-18-22-25-31-36-44-51-58-74(79)87-64-72(93-76(81)60-53-46-37-32-26-23-20-17-16-19-21-24-29-34-41-48-55-68(2)3)66-91-95(83,84)89-62-71(78)63-90-96(85,86)92-67-73(65-88-75(80)59-52-45-40-39-43-50-57-70(6)7)94-77(82)61-54-47-38-33-28-27-30-35-42-49-56-69(4)5/h68-73,78H,8-67H2,1-7H3,(H,83,84)(H,85,86)/t71-,72-,73-/m1/s1. The number of carbonyl (C=O) groups is 4. The SMILES string of the molecule is CCCCCCCCCCCCCCCCCC(=O)OC[C@H](COP(=O)(O)OC[C@@H](O)COP(=O)(O)OC[C@@H](COC(=O)CCCCCCCCC(C)C)OC(=O)CCCCCCCCCCCCC(C)C)OC(=O)CCCCCCCCCCCCCCCCCCC(C)C. The number of ether oxygens (including phenoxy) is 4. The average Bonchev–Trinajstić information content (AvgIpc) is 2.30. The lowest BCUT2D eigenvalue weighted by Gasteiger charge is -2.21. The molecule has 96 heavy (non-hydrogen) atoms. The van der Waals surface area contributed by atoms with Gasteiger partial charge in [0.2, 0.25) is 0 Å². The maximum atomic E-state index is 13.1. The van der Waals surface area contributed by atoms with E-state index in [9.17, 15) is 43.2 Å². The number of unbranched alkanes of at least 4 members (excludes halogenated alkanes) is 43. The quantitative estimate of drug-likeness (QED) is 0.0222. The van der Waals surface area contributed by atoms with Crippen LogP contribution in [0, 0.1) is 17.8 Å². The molecule has 0 rings (SSSR count). The Morgan fingerprint density at radius 3 is 0.708 bits per heavy atom. The molecule has 570 valence electrons. The Morgan fingerprint density at radius 2 is 0.479 bits per heavy atom. The molecule has 0 aliphatic carbocycles. The summed E-state index contributed by atoms with van der Waals surface area (Å²) in [6.07, 6.45) is 54.3. The third kappa shape index (κ3) is 70.5. The molecule has 0 amide bonds. The Hall–Kier alpha value is -1.94. The first-order valence-corrected chi connectivity index (χ1v) is 42.8. The lowest BCUT2D eigenvalue weighted by Crippen LogP contribution is -2.30. The van der Waals surface area contributed by atoms with Crippen molar-refractivity contribution in [2.45, 2.75) is 414 Å².